The Balaban J connectivity index is 1.54. The predicted molar refractivity (Wildman–Crippen MR) is 103 cm³/mol. The van der Waals surface area contributed by atoms with Gasteiger partial charge in [0.25, 0.3) is 5.69 Å². The molecule has 0 bridgehead atoms. The highest BCUT2D eigenvalue weighted by Crippen LogP contribution is 2.25. The third kappa shape index (κ3) is 4.24. The fraction of sp³-hybridized carbons (Fsp3) is 0.579. The van der Waals surface area contributed by atoms with Gasteiger partial charge in [-0.1, -0.05) is 0 Å². The summed E-state index contributed by atoms with van der Waals surface area (Å²) in [6.45, 7) is 5.31. The summed E-state index contributed by atoms with van der Waals surface area (Å²) >= 11 is 0. The van der Waals surface area contributed by atoms with E-state index in [0.29, 0.717) is 39.3 Å². The lowest BCUT2D eigenvalue weighted by Crippen LogP contribution is -2.50. The van der Waals surface area contributed by atoms with Crippen LogP contribution in [-0.2, 0) is 14.3 Å². The molecule has 9 heteroatoms. The van der Waals surface area contributed by atoms with E-state index in [0.717, 1.165) is 5.69 Å². The van der Waals surface area contributed by atoms with Crippen LogP contribution in [0.25, 0.3) is 0 Å². The van der Waals surface area contributed by atoms with Gasteiger partial charge < -0.3 is 19.4 Å². The van der Waals surface area contributed by atoms with Crippen LogP contribution in [0.1, 0.15) is 13.3 Å². The molecule has 28 heavy (non-hydrogen) atoms. The monoisotopic (exact) mass is 390 g/mol. The first-order valence-corrected chi connectivity index (χ1v) is 9.47. The van der Waals surface area contributed by atoms with E-state index >= 15 is 0 Å². The standard InChI is InChI=1S/C19H26N4O5/c1-14(13-28-2)22-12-15(11-18(22)24)19(25)21-9-7-20(8-10-21)16-3-5-17(6-4-16)23(26)27/h3-6,14-15H,7-13H2,1-2H3. The molecular formula is C19H26N4O5. The minimum absolute atomic E-state index is 0.00687. The van der Waals surface area contributed by atoms with E-state index in [9.17, 15) is 19.7 Å². The van der Waals surface area contributed by atoms with Crippen LogP contribution >= 0.6 is 0 Å². The van der Waals surface area contributed by atoms with E-state index in [1.54, 1.807) is 24.1 Å². The van der Waals surface area contributed by atoms with Crippen molar-refractivity contribution in [3.63, 3.8) is 0 Å². The number of hydrogen-bond donors (Lipinski definition) is 0. The maximum absolute atomic E-state index is 12.9. The number of carbonyl (C=O) groups is 2. The molecule has 2 amide bonds. The molecule has 2 unspecified atom stereocenters. The number of methoxy groups -OCH3 is 1. The summed E-state index contributed by atoms with van der Waals surface area (Å²) in [5.41, 5.74) is 0.976. The van der Waals surface area contributed by atoms with Crippen LogP contribution in [0.3, 0.4) is 0 Å². The largest absolute Gasteiger partial charge is 0.383 e. The SMILES string of the molecule is COCC(C)N1CC(C(=O)N2CCN(c3ccc([N+](=O)[O-])cc3)CC2)CC1=O. The third-order valence-corrected chi connectivity index (χ3v) is 5.46. The average Bonchev–Trinajstić information content (AvgIpc) is 3.09. The molecule has 2 fully saturated rings. The van der Waals surface area contributed by atoms with Gasteiger partial charge in [-0.15, -0.1) is 0 Å². The van der Waals surface area contributed by atoms with Gasteiger partial charge in [0.05, 0.1) is 23.5 Å². The Morgan fingerprint density at radius 2 is 1.89 bits per heavy atom. The minimum atomic E-state index is -0.417. The molecule has 1 aromatic rings. The number of hydrogen-bond acceptors (Lipinski definition) is 6. The summed E-state index contributed by atoms with van der Waals surface area (Å²) in [4.78, 5) is 41.1. The fourth-order valence-corrected chi connectivity index (χ4v) is 3.88. The van der Waals surface area contributed by atoms with E-state index < -0.39 is 4.92 Å². The number of piperazine rings is 1. The van der Waals surface area contributed by atoms with Crippen molar-refractivity contribution in [2.75, 3.05) is 51.3 Å². The molecule has 9 nitrogen and oxygen atoms in total. The Bertz CT molecular complexity index is 730. The fourth-order valence-electron chi connectivity index (χ4n) is 3.88. The van der Waals surface area contributed by atoms with Crippen LogP contribution in [0.5, 0.6) is 0 Å². The summed E-state index contributed by atoms with van der Waals surface area (Å²) in [7, 11) is 1.60. The van der Waals surface area contributed by atoms with Gasteiger partial charge in [0.15, 0.2) is 0 Å². The molecule has 0 aromatic heterocycles. The second kappa shape index (κ2) is 8.55. The Hall–Kier alpha value is -2.68. The average molecular weight is 390 g/mol. The normalized spacial score (nSPS) is 21.1. The quantitative estimate of drug-likeness (QED) is 0.534. The second-order valence-corrected chi connectivity index (χ2v) is 7.34. The van der Waals surface area contributed by atoms with Gasteiger partial charge in [-0.25, -0.2) is 0 Å². The zero-order valence-corrected chi connectivity index (χ0v) is 16.2. The van der Waals surface area contributed by atoms with Crippen molar-refractivity contribution in [2.24, 2.45) is 5.92 Å². The molecular weight excluding hydrogens is 364 g/mol. The first kappa shape index (κ1) is 20.1. The van der Waals surface area contributed by atoms with E-state index in [2.05, 4.69) is 4.90 Å². The summed E-state index contributed by atoms with van der Waals surface area (Å²) < 4.78 is 5.12. The highest BCUT2D eigenvalue weighted by atomic mass is 16.6. The van der Waals surface area contributed by atoms with Gasteiger partial charge in [0.1, 0.15) is 0 Å². The summed E-state index contributed by atoms with van der Waals surface area (Å²) in [5.74, 6) is -0.256. The van der Waals surface area contributed by atoms with Crippen LogP contribution in [0.4, 0.5) is 11.4 Å². The number of nitro groups is 1. The van der Waals surface area contributed by atoms with E-state index in [1.165, 1.54) is 12.1 Å². The molecule has 2 saturated heterocycles. The molecule has 152 valence electrons. The second-order valence-electron chi connectivity index (χ2n) is 7.34. The Morgan fingerprint density at radius 1 is 1.25 bits per heavy atom. The molecule has 2 heterocycles. The lowest BCUT2D eigenvalue weighted by molar-refractivity contribution is -0.384. The van der Waals surface area contributed by atoms with Gasteiger partial charge >= 0.3 is 0 Å². The van der Waals surface area contributed by atoms with Crippen molar-refractivity contribution in [1.29, 1.82) is 0 Å². The lowest BCUT2D eigenvalue weighted by Gasteiger charge is -2.37. The highest BCUT2D eigenvalue weighted by Gasteiger charge is 2.39. The summed E-state index contributed by atoms with van der Waals surface area (Å²) in [6.07, 6.45) is 0.259. The molecule has 0 spiro atoms. The van der Waals surface area contributed by atoms with Crippen molar-refractivity contribution >= 4 is 23.2 Å². The number of nitro benzene ring substituents is 1. The molecule has 0 radical (unpaired) electrons. The number of carbonyl (C=O) groups excluding carboxylic acids is 2. The van der Waals surface area contributed by atoms with Gasteiger partial charge in [0, 0.05) is 64.1 Å². The number of likely N-dealkylation sites (tertiary alicyclic amines) is 1. The van der Waals surface area contributed by atoms with Gasteiger partial charge in [0.2, 0.25) is 11.8 Å². The molecule has 0 aliphatic carbocycles. The molecule has 0 N–H and O–H groups in total. The Kier molecular flexibility index (Phi) is 6.13. The zero-order valence-electron chi connectivity index (χ0n) is 16.2. The van der Waals surface area contributed by atoms with Gasteiger partial charge in [-0.05, 0) is 19.1 Å². The smallest absolute Gasteiger partial charge is 0.269 e. The lowest BCUT2D eigenvalue weighted by atomic mass is 10.1. The number of rotatable bonds is 6. The number of nitrogens with zero attached hydrogens (tertiary/aromatic N) is 4. The van der Waals surface area contributed by atoms with Gasteiger partial charge in [-0.2, -0.15) is 0 Å². The van der Waals surface area contributed by atoms with Crippen LogP contribution in [0, 0.1) is 16.0 Å². The maximum Gasteiger partial charge on any atom is 0.269 e. The Morgan fingerprint density at radius 3 is 2.46 bits per heavy atom. The zero-order chi connectivity index (χ0) is 20.3. The number of amides is 2. The van der Waals surface area contributed by atoms with Crippen molar-refractivity contribution in [3.8, 4) is 0 Å². The first-order valence-electron chi connectivity index (χ1n) is 9.47. The van der Waals surface area contributed by atoms with E-state index in [1.807, 2.05) is 11.8 Å². The molecule has 2 aliphatic rings. The topological polar surface area (TPSA) is 96.2 Å². The summed E-state index contributed by atoms with van der Waals surface area (Å²) in [6, 6.07) is 6.43. The number of anilines is 1. The highest BCUT2D eigenvalue weighted by molar-refractivity contribution is 5.89. The number of benzene rings is 1. The van der Waals surface area contributed by atoms with Crippen LogP contribution < -0.4 is 4.90 Å². The summed E-state index contributed by atoms with van der Waals surface area (Å²) in [5, 5.41) is 10.8. The molecule has 3 rings (SSSR count). The van der Waals surface area contributed by atoms with Gasteiger partial charge in [-0.3, -0.25) is 19.7 Å². The van der Waals surface area contributed by atoms with Crippen molar-refractivity contribution < 1.29 is 19.2 Å². The van der Waals surface area contributed by atoms with E-state index in [4.69, 9.17) is 4.74 Å². The van der Waals surface area contributed by atoms with Crippen molar-refractivity contribution in [3.05, 3.63) is 34.4 Å². The Labute approximate surface area is 164 Å². The first-order chi connectivity index (χ1) is 13.4. The molecule has 1 aromatic carbocycles. The molecule has 2 aliphatic heterocycles. The molecule has 0 saturated carbocycles. The van der Waals surface area contributed by atoms with Crippen molar-refractivity contribution in [2.45, 2.75) is 19.4 Å². The predicted octanol–water partition coefficient (Wildman–Crippen LogP) is 1.13. The van der Waals surface area contributed by atoms with Crippen LogP contribution in [0.2, 0.25) is 0 Å². The number of ether oxygens (including phenoxy) is 1. The van der Waals surface area contributed by atoms with Crippen molar-refractivity contribution in [1.82, 2.24) is 9.80 Å². The number of non-ortho nitro benzene ring substituents is 1. The molecule has 2 atom stereocenters. The minimum Gasteiger partial charge on any atom is -0.383 e. The maximum atomic E-state index is 12.9. The third-order valence-electron chi connectivity index (χ3n) is 5.46. The van der Waals surface area contributed by atoms with E-state index in [-0.39, 0.29) is 35.9 Å². The van der Waals surface area contributed by atoms with Crippen LogP contribution in [-0.4, -0.2) is 79.0 Å². The van der Waals surface area contributed by atoms with Crippen LogP contribution in [0.15, 0.2) is 24.3 Å².